The monoisotopic (exact) mass is 236 g/mol. The number of hydrogen-bond donors (Lipinski definition) is 1. The van der Waals surface area contributed by atoms with Gasteiger partial charge in [-0.3, -0.25) is 0 Å². The third-order valence-electron chi connectivity index (χ3n) is 1.56. The van der Waals surface area contributed by atoms with Gasteiger partial charge in [0.15, 0.2) is 0 Å². The molecule has 0 saturated carbocycles. The summed E-state index contributed by atoms with van der Waals surface area (Å²) in [5.41, 5.74) is 0.992. The molecule has 72 valence electrons. The van der Waals surface area contributed by atoms with Crippen molar-refractivity contribution in [2.45, 2.75) is 13.3 Å². The predicted octanol–water partition coefficient (Wildman–Crippen LogP) is 3.08. The van der Waals surface area contributed by atoms with Crippen molar-refractivity contribution in [3.8, 4) is 5.75 Å². The van der Waals surface area contributed by atoms with Crippen LogP contribution in [-0.4, -0.2) is 4.89 Å². The topological polar surface area (TPSA) is 29.5 Å². The maximum atomic E-state index is 9.16. The molecule has 0 aliphatic rings. The van der Waals surface area contributed by atoms with Crippen LogP contribution >= 0.6 is 17.1 Å². The summed E-state index contributed by atoms with van der Waals surface area (Å²) in [5, 5.41) is 0. The van der Waals surface area contributed by atoms with Crippen LogP contribution < -0.4 is 4.52 Å². The molecule has 1 rings (SSSR count). The Labute approximate surface area is 87.5 Å². The zero-order valence-corrected chi connectivity index (χ0v) is 9.57. The van der Waals surface area contributed by atoms with Crippen LogP contribution in [0.2, 0.25) is 0 Å². The molecule has 1 unspecified atom stereocenters. The minimum Gasteiger partial charge on any atom is -0.433 e. The van der Waals surface area contributed by atoms with E-state index in [0.29, 0.717) is 5.75 Å². The van der Waals surface area contributed by atoms with Crippen LogP contribution in [0.1, 0.15) is 12.5 Å². The zero-order valence-electron chi connectivity index (χ0n) is 7.11. The third kappa shape index (κ3) is 3.65. The van der Waals surface area contributed by atoms with Gasteiger partial charge in [-0.15, -0.1) is 0 Å². The Balaban J connectivity index is 2.94. The summed E-state index contributed by atoms with van der Waals surface area (Å²) in [5.74, 6) is -2.55. The first-order valence-electron chi connectivity index (χ1n) is 3.83. The maximum absolute atomic E-state index is 9.16. The van der Waals surface area contributed by atoms with Gasteiger partial charge in [-0.05, 0) is 41.1 Å². The van der Waals surface area contributed by atoms with Crippen molar-refractivity contribution >= 4 is 28.9 Å². The minimum absolute atomic E-state index is 0.575. The van der Waals surface area contributed by atoms with Gasteiger partial charge < -0.3 is 9.42 Å². The van der Waals surface area contributed by atoms with E-state index in [1.807, 2.05) is 25.1 Å². The van der Waals surface area contributed by atoms with E-state index in [1.54, 1.807) is 6.07 Å². The number of aryl methyl sites for hydroxylation is 1. The Morgan fingerprint density at radius 2 is 2.15 bits per heavy atom. The molecule has 0 fully saturated rings. The lowest BCUT2D eigenvalue weighted by atomic mass is 10.1. The number of benzene rings is 1. The van der Waals surface area contributed by atoms with Gasteiger partial charge in [0.25, 0.3) is 0 Å². The standard InChI is InChI=1S/C8H10ClO2PS/c1-2-7-5-3-4-6-8(7)11-12(9,10)13/h3-6H,2H2,1H3,(H,10,13). The molecule has 1 aromatic carbocycles. The van der Waals surface area contributed by atoms with Crippen LogP contribution in [0.25, 0.3) is 0 Å². The van der Waals surface area contributed by atoms with Crippen LogP contribution in [0.3, 0.4) is 0 Å². The quantitative estimate of drug-likeness (QED) is 0.818. The fourth-order valence-electron chi connectivity index (χ4n) is 1.01. The molecule has 1 N–H and O–H groups in total. The highest BCUT2D eigenvalue weighted by atomic mass is 35.7. The summed E-state index contributed by atoms with van der Waals surface area (Å²) in [6.45, 7) is 2.00. The van der Waals surface area contributed by atoms with Gasteiger partial charge in [0.05, 0.1) is 0 Å². The summed E-state index contributed by atoms with van der Waals surface area (Å²) in [7, 11) is 0. The lowest BCUT2D eigenvalue weighted by Crippen LogP contribution is -1.90. The second-order valence-corrected chi connectivity index (χ2v) is 7.05. The summed E-state index contributed by atoms with van der Waals surface area (Å²) < 4.78 is 5.07. The summed E-state index contributed by atoms with van der Waals surface area (Å²) >= 11 is 10.0. The molecule has 0 aliphatic heterocycles. The molecule has 0 spiro atoms. The molecular formula is C8H10ClO2PS. The van der Waals surface area contributed by atoms with Crippen LogP contribution in [0.5, 0.6) is 5.75 Å². The van der Waals surface area contributed by atoms with E-state index in [2.05, 4.69) is 11.8 Å². The minimum atomic E-state index is -3.12. The molecule has 0 aliphatic carbocycles. The van der Waals surface area contributed by atoms with Crippen LogP contribution in [0, 0.1) is 0 Å². The van der Waals surface area contributed by atoms with Gasteiger partial charge in [0.2, 0.25) is 0 Å². The highest BCUT2D eigenvalue weighted by Gasteiger charge is 2.11. The second-order valence-electron chi connectivity index (χ2n) is 2.50. The van der Waals surface area contributed by atoms with Crippen LogP contribution in [0.15, 0.2) is 24.3 Å². The van der Waals surface area contributed by atoms with E-state index in [0.717, 1.165) is 12.0 Å². The second kappa shape index (κ2) is 4.43. The molecule has 5 heteroatoms. The molecule has 0 radical (unpaired) electrons. The van der Waals surface area contributed by atoms with Crippen molar-refractivity contribution in [2.75, 3.05) is 0 Å². The van der Waals surface area contributed by atoms with Gasteiger partial charge >= 0.3 is 5.84 Å². The van der Waals surface area contributed by atoms with Crippen molar-refractivity contribution in [2.24, 2.45) is 0 Å². The normalized spacial score (nSPS) is 15.0. The van der Waals surface area contributed by atoms with Gasteiger partial charge in [0, 0.05) is 0 Å². The number of rotatable bonds is 3. The molecule has 0 aromatic heterocycles. The molecule has 2 nitrogen and oxygen atoms in total. The van der Waals surface area contributed by atoms with E-state index < -0.39 is 5.84 Å². The van der Waals surface area contributed by atoms with E-state index in [1.165, 1.54) is 0 Å². The van der Waals surface area contributed by atoms with Crippen molar-refractivity contribution in [3.63, 3.8) is 0 Å². The Hall–Kier alpha value is -0.0800. The maximum Gasteiger partial charge on any atom is 0.330 e. The lowest BCUT2D eigenvalue weighted by Gasteiger charge is -2.12. The molecule has 0 heterocycles. The average molecular weight is 237 g/mol. The van der Waals surface area contributed by atoms with E-state index >= 15 is 0 Å². The van der Waals surface area contributed by atoms with Gasteiger partial charge in [-0.25, -0.2) is 0 Å². The number of halogens is 1. The lowest BCUT2D eigenvalue weighted by molar-refractivity contribution is 0.499. The van der Waals surface area contributed by atoms with Crippen molar-refractivity contribution in [1.82, 2.24) is 0 Å². The smallest absolute Gasteiger partial charge is 0.330 e. The largest absolute Gasteiger partial charge is 0.433 e. The molecule has 0 amide bonds. The zero-order chi connectivity index (χ0) is 9.90. The van der Waals surface area contributed by atoms with E-state index in [-0.39, 0.29) is 0 Å². The number of para-hydroxylation sites is 1. The molecule has 13 heavy (non-hydrogen) atoms. The first-order valence-corrected chi connectivity index (χ1v) is 7.40. The van der Waals surface area contributed by atoms with Crippen molar-refractivity contribution < 1.29 is 9.42 Å². The molecule has 1 atom stereocenters. The van der Waals surface area contributed by atoms with Gasteiger partial charge in [-0.1, -0.05) is 25.1 Å². The van der Waals surface area contributed by atoms with Gasteiger partial charge in [0.1, 0.15) is 5.75 Å². The SMILES string of the molecule is CCc1ccccc1OP(O)(=S)Cl. The Kier molecular flexibility index (Phi) is 3.74. The summed E-state index contributed by atoms with van der Waals surface area (Å²) in [4.78, 5) is 9.16. The van der Waals surface area contributed by atoms with Crippen LogP contribution in [0.4, 0.5) is 0 Å². The average Bonchev–Trinajstić information content (AvgIpc) is 2.02. The highest BCUT2D eigenvalue weighted by Crippen LogP contribution is 2.48. The third-order valence-corrected chi connectivity index (χ3v) is 2.42. The van der Waals surface area contributed by atoms with Gasteiger partial charge in [-0.2, -0.15) is 0 Å². The van der Waals surface area contributed by atoms with Crippen LogP contribution in [-0.2, 0) is 18.2 Å². The molecular weight excluding hydrogens is 227 g/mol. The predicted molar refractivity (Wildman–Crippen MR) is 58.8 cm³/mol. The Morgan fingerprint density at radius 1 is 1.54 bits per heavy atom. The van der Waals surface area contributed by atoms with E-state index in [9.17, 15) is 0 Å². The Morgan fingerprint density at radius 3 is 2.69 bits per heavy atom. The summed E-state index contributed by atoms with van der Waals surface area (Å²) in [6.07, 6.45) is 0.822. The number of hydrogen-bond acceptors (Lipinski definition) is 2. The molecule has 1 aromatic rings. The fourth-order valence-corrected chi connectivity index (χ4v) is 1.89. The van der Waals surface area contributed by atoms with E-state index in [4.69, 9.17) is 20.7 Å². The molecule has 0 bridgehead atoms. The fraction of sp³-hybridized carbons (Fsp3) is 0.250. The highest BCUT2D eigenvalue weighted by molar-refractivity contribution is 8.22. The van der Waals surface area contributed by atoms with Crippen molar-refractivity contribution in [3.05, 3.63) is 29.8 Å². The Bertz CT molecular complexity index is 337. The summed E-state index contributed by atoms with van der Waals surface area (Å²) in [6, 6.07) is 7.38. The van der Waals surface area contributed by atoms with Crippen molar-refractivity contribution in [1.29, 1.82) is 0 Å². The first kappa shape index (κ1) is 11.0. The first-order chi connectivity index (χ1) is 6.03. The molecule has 0 saturated heterocycles.